The number of nitrogens with zero attached hydrogens (tertiary/aromatic N) is 4. The number of hydrogen-bond donors (Lipinski definition) is 1. The minimum Gasteiger partial charge on any atom is -0.355 e. The van der Waals surface area contributed by atoms with Gasteiger partial charge in [0.25, 0.3) is 0 Å². The second-order valence-electron chi connectivity index (χ2n) is 6.89. The Balaban J connectivity index is 1.31. The van der Waals surface area contributed by atoms with Crippen molar-refractivity contribution < 1.29 is 4.79 Å². The van der Waals surface area contributed by atoms with E-state index in [-0.39, 0.29) is 17.5 Å². The van der Waals surface area contributed by atoms with Crippen LogP contribution in [0, 0.1) is 5.92 Å². The van der Waals surface area contributed by atoms with Crippen molar-refractivity contribution in [3.8, 4) is 0 Å². The maximum atomic E-state index is 12.4. The first kappa shape index (κ1) is 16.5. The lowest BCUT2D eigenvalue weighted by molar-refractivity contribution is -0.125. The van der Waals surface area contributed by atoms with Gasteiger partial charge in [-0.05, 0) is 32.1 Å². The number of nitrogens with one attached hydrogen (secondary N) is 1. The molecule has 1 aliphatic carbocycles. The standard InChI is InChI=1S/C17H23N5O2S/c1-21-17(24)22-10-11(6-7-14(22)20-21)16(23)18-9-8-15-19-12-4-2-3-5-13(12)25-15/h11H,2-10H2,1H3,(H,18,23)/t11-/m0/s1. The molecule has 0 bridgehead atoms. The lowest BCUT2D eigenvalue weighted by Gasteiger charge is -2.21. The van der Waals surface area contributed by atoms with Gasteiger partial charge in [-0.3, -0.25) is 9.36 Å². The Morgan fingerprint density at radius 2 is 2.16 bits per heavy atom. The summed E-state index contributed by atoms with van der Waals surface area (Å²) in [6, 6.07) is 0. The first-order valence-corrected chi connectivity index (χ1v) is 9.81. The van der Waals surface area contributed by atoms with Crippen LogP contribution in [0.3, 0.4) is 0 Å². The van der Waals surface area contributed by atoms with Crippen LogP contribution >= 0.6 is 11.3 Å². The van der Waals surface area contributed by atoms with Crippen LogP contribution in [0.25, 0.3) is 0 Å². The maximum absolute atomic E-state index is 12.4. The zero-order valence-electron chi connectivity index (χ0n) is 14.5. The van der Waals surface area contributed by atoms with Crippen LogP contribution in [0.2, 0.25) is 0 Å². The van der Waals surface area contributed by atoms with E-state index in [4.69, 9.17) is 4.98 Å². The smallest absolute Gasteiger partial charge is 0.345 e. The summed E-state index contributed by atoms with van der Waals surface area (Å²) >= 11 is 1.80. The molecular weight excluding hydrogens is 338 g/mol. The van der Waals surface area contributed by atoms with Gasteiger partial charge in [0.2, 0.25) is 5.91 Å². The van der Waals surface area contributed by atoms with Crippen molar-refractivity contribution in [2.24, 2.45) is 13.0 Å². The van der Waals surface area contributed by atoms with E-state index < -0.39 is 0 Å². The number of rotatable bonds is 4. The molecule has 7 nitrogen and oxygen atoms in total. The van der Waals surface area contributed by atoms with E-state index >= 15 is 0 Å². The van der Waals surface area contributed by atoms with Crippen molar-refractivity contribution in [1.29, 1.82) is 0 Å². The summed E-state index contributed by atoms with van der Waals surface area (Å²) in [7, 11) is 1.65. The SMILES string of the molecule is Cn1nc2n(c1=O)C[C@@H](C(=O)NCCc1nc3c(s1)CCCC3)CC2. The second kappa shape index (κ2) is 6.74. The molecule has 25 heavy (non-hydrogen) atoms. The quantitative estimate of drug-likeness (QED) is 0.875. The molecule has 8 heteroatoms. The Bertz CT molecular complexity index is 826. The zero-order valence-corrected chi connectivity index (χ0v) is 15.3. The van der Waals surface area contributed by atoms with Gasteiger partial charge in [0.15, 0.2) is 0 Å². The number of carbonyl (C=O) groups excluding carboxylic acids is 1. The molecule has 3 heterocycles. The number of carbonyl (C=O) groups is 1. The van der Waals surface area contributed by atoms with Crippen LogP contribution in [0.15, 0.2) is 4.79 Å². The molecule has 1 atom stereocenters. The van der Waals surface area contributed by atoms with E-state index in [1.54, 1.807) is 23.0 Å². The number of hydrogen-bond acceptors (Lipinski definition) is 5. The Hall–Kier alpha value is -1.96. The Morgan fingerprint density at radius 3 is 3.00 bits per heavy atom. The van der Waals surface area contributed by atoms with Crippen LogP contribution in [0.1, 0.15) is 40.7 Å². The highest BCUT2D eigenvalue weighted by atomic mass is 32.1. The normalized spacial score (nSPS) is 19.3. The van der Waals surface area contributed by atoms with Gasteiger partial charge in [0.05, 0.1) is 16.6 Å². The highest BCUT2D eigenvalue weighted by Gasteiger charge is 2.27. The molecule has 0 saturated heterocycles. The molecule has 2 aromatic heterocycles. The number of aromatic nitrogens is 4. The summed E-state index contributed by atoms with van der Waals surface area (Å²) in [6.07, 6.45) is 6.97. The fourth-order valence-electron chi connectivity index (χ4n) is 3.70. The molecule has 0 saturated carbocycles. The van der Waals surface area contributed by atoms with E-state index in [1.165, 1.54) is 28.1 Å². The average molecular weight is 361 g/mol. The van der Waals surface area contributed by atoms with E-state index in [0.29, 0.717) is 19.5 Å². The lowest BCUT2D eigenvalue weighted by Crippen LogP contribution is -2.39. The van der Waals surface area contributed by atoms with Crippen LogP contribution in [0.5, 0.6) is 0 Å². The Morgan fingerprint density at radius 1 is 1.32 bits per heavy atom. The number of aryl methyl sites for hydroxylation is 4. The highest BCUT2D eigenvalue weighted by molar-refractivity contribution is 7.11. The molecule has 2 aliphatic rings. The molecule has 4 rings (SSSR count). The molecule has 1 N–H and O–H groups in total. The van der Waals surface area contributed by atoms with Gasteiger partial charge in [-0.1, -0.05) is 0 Å². The first-order chi connectivity index (χ1) is 12.1. The van der Waals surface area contributed by atoms with Gasteiger partial charge in [-0.2, -0.15) is 5.10 Å². The van der Waals surface area contributed by atoms with Crippen LogP contribution in [-0.4, -0.2) is 31.8 Å². The third-order valence-electron chi connectivity index (χ3n) is 5.10. The minimum atomic E-state index is -0.154. The predicted octanol–water partition coefficient (Wildman–Crippen LogP) is 0.838. The molecule has 1 aliphatic heterocycles. The Kier molecular flexibility index (Phi) is 4.45. The van der Waals surface area contributed by atoms with Gasteiger partial charge < -0.3 is 5.32 Å². The molecule has 1 amide bonds. The predicted molar refractivity (Wildman–Crippen MR) is 94.7 cm³/mol. The van der Waals surface area contributed by atoms with E-state index in [2.05, 4.69) is 10.4 Å². The van der Waals surface area contributed by atoms with Crippen molar-refractivity contribution >= 4 is 17.2 Å². The molecular formula is C17H23N5O2S. The third kappa shape index (κ3) is 3.27. The second-order valence-corrected chi connectivity index (χ2v) is 8.06. The van der Waals surface area contributed by atoms with E-state index in [9.17, 15) is 9.59 Å². The van der Waals surface area contributed by atoms with Crippen molar-refractivity contribution in [2.75, 3.05) is 6.54 Å². The van der Waals surface area contributed by atoms with Crippen LogP contribution in [0.4, 0.5) is 0 Å². The van der Waals surface area contributed by atoms with E-state index in [1.807, 2.05) is 0 Å². The molecule has 0 spiro atoms. The minimum absolute atomic E-state index is 0.0303. The summed E-state index contributed by atoms with van der Waals surface area (Å²) in [5.74, 6) is 0.659. The topological polar surface area (TPSA) is 81.8 Å². The molecule has 0 unspecified atom stereocenters. The number of fused-ring (bicyclic) bond motifs is 2. The van der Waals surface area contributed by atoms with Gasteiger partial charge in [0, 0.05) is 37.9 Å². The lowest BCUT2D eigenvalue weighted by atomic mass is 9.98. The molecule has 2 aromatic rings. The average Bonchev–Trinajstić information content (AvgIpc) is 3.15. The van der Waals surface area contributed by atoms with Gasteiger partial charge in [-0.25, -0.2) is 14.5 Å². The fourth-order valence-corrected chi connectivity index (χ4v) is 4.86. The summed E-state index contributed by atoms with van der Waals surface area (Å²) in [5.41, 5.74) is 1.13. The van der Waals surface area contributed by atoms with Crippen molar-refractivity contribution in [2.45, 2.75) is 51.5 Å². The summed E-state index contributed by atoms with van der Waals surface area (Å²) in [6.45, 7) is 1.04. The summed E-state index contributed by atoms with van der Waals surface area (Å²) in [5, 5.41) is 8.36. The first-order valence-electron chi connectivity index (χ1n) is 8.99. The largest absolute Gasteiger partial charge is 0.355 e. The molecule has 0 fully saturated rings. The van der Waals surface area contributed by atoms with Gasteiger partial charge in [0.1, 0.15) is 5.82 Å². The summed E-state index contributed by atoms with van der Waals surface area (Å²) in [4.78, 5) is 30.6. The van der Waals surface area contributed by atoms with E-state index in [0.717, 1.165) is 36.5 Å². The Labute approximate surface area is 150 Å². The molecule has 0 radical (unpaired) electrons. The maximum Gasteiger partial charge on any atom is 0.345 e. The van der Waals surface area contributed by atoms with Crippen molar-refractivity contribution in [3.05, 3.63) is 31.9 Å². The molecule has 0 aromatic carbocycles. The number of amides is 1. The van der Waals surface area contributed by atoms with Crippen molar-refractivity contribution in [1.82, 2.24) is 24.6 Å². The third-order valence-corrected chi connectivity index (χ3v) is 6.32. The fraction of sp³-hybridized carbons (Fsp3) is 0.647. The zero-order chi connectivity index (χ0) is 17.4. The van der Waals surface area contributed by atoms with Crippen LogP contribution in [-0.2, 0) is 44.1 Å². The van der Waals surface area contributed by atoms with Crippen molar-refractivity contribution in [3.63, 3.8) is 0 Å². The molecule has 134 valence electrons. The number of thiazole rings is 1. The summed E-state index contributed by atoms with van der Waals surface area (Å²) < 4.78 is 2.97. The van der Waals surface area contributed by atoms with Gasteiger partial charge in [-0.15, -0.1) is 11.3 Å². The van der Waals surface area contributed by atoms with Gasteiger partial charge >= 0.3 is 5.69 Å². The van der Waals surface area contributed by atoms with Crippen LogP contribution < -0.4 is 11.0 Å². The highest BCUT2D eigenvalue weighted by Crippen LogP contribution is 2.26. The monoisotopic (exact) mass is 361 g/mol.